The van der Waals surface area contributed by atoms with Crippen molar-refractivity contribution in [2.24, 2.45) is 46.3 Å². The molecule has 1 aliphatic heterocycles. The Morgan fingerprint density at radius 2 is 1.83 bits per heavy atom. The molecule has 4 aliphatic carbocycles. The van der Waals surface area contributed by atoms with Gasteiger partial charge in [0.25, 0.3) is 0 Å². The molecule has 4 fully saturated rings. The van der Waals surface area contributed by atoms with Gasteiger partial charge in [-0.25, -0.2) is 0 Å². The first-order valence-corrected chi connectivity index (χ1v) is 15.2. The zero-order valence-electron chi connectivity index (χ0n) is 23.3. The minimum atomic E-state index is -0.0286. The van der Waals surface area contributed by atoms with Crippen LogP contribution in [-0.2, 0) is 14.3 Å². The van der Waals surface area contributed by atoms with Crippen molar-refractivity contribution in [1.29, 1.82) is 0 Å². The Labute approximate surface area is 215 Å². The molecule has 0 aromatic carbocycles. The van der Waals surface area contributed by atoms with Crippen LogP contribution in [0.3, 0.4) is 0 Å². The first kappa shape index (κ1) is 26.0. The number of ether oxygens (including phenoxy) is 2. The zero-order valence-corrected chi connectivity index (χ0v) is 23.3. The quantitative estimate of drug-likeness (QED) is 0.366. The van der Waals surface area contributed by atoms with E-state index in [2.05, 4.69) is 40.7 Å². The van der Waals surface area contributed by atoms with E-state index < -0.39 is 0 Å². The molecule has 35 heavy (non-hydrogen) atoms. The Bertz CT molecular complexity index is 795. The molecule has 1 unspecified atom stereocenters. The topological polar surface area (TPSA) is 35.5 Å². The molecular weight excluding hydrogens is 432 g/mol. The lowest BCUT2D eigenvalue weighted by Gasteiger charge is -2.57. The fourth-order valence-corrected chi connectivity index (χ4v) is 9.54. The minimum Gasteiger partial charge on any atom is -0.353 e. The largest absolute Gasteiger partial charge is 0.353 e. The normalized spacial score (nSPS) is 44.4. The van der Waals surface area contributed by atoms with Crippen molar-refractivity contribution in [3.63, 3.8) is 0 Å². The van der Waals surface area contributed by atoms with Crippen molar-refractivity contribution in [2.45, 2.75) is 130 Å². The molecule has 0 aromatic heterocycles. The van der Waals surface area contributed by atoms with Crippen LogP contribution in [0.4, 0.5) is 0 Å². The summed E-state index contributed by atoms with van der Waals surface area (Å²) >= 11 is 0. The van der Waals surface area contributed by atoms with E-state index in [9.17, 15) is 4.79 Å². The average Bonchev–Trinajstić information content (AvgIpc) is 3.17. The van der Waals surface area contributed by atoms with Gasteiger partial charge in [-0.05, 0) is 111 Å². The van der Waals surface area contributed by atoms with E-state index in [1.807, 2.05) is 0 Å². The number of hydrogen-bond acceptors (Lipinski definition) is 3. The molecule has 0 spiro atoms. The summed E-state index contributed by atoms with van der Waals surface area (Å²) in [6.07, 6.45) is 18.2. The van der Waals surface area contributed by atoms with Gasteiger partial charge < -0.3 is 9.47 Å². The number of rotatable bonds is 7. The second-order valence-corrected chi connectivity index (χ2v) is 14.1. The molecule has 3 nitrogen and oxygen atoms in total. The van der Waals surface area contributed by atoms with E-state index in [1.165, 1.54) is 63.4 Å². The Hall–Kier alpha value is -0.670. The van der Waals surface area contributed by atoms with E-state index >= 15 is 0 Å². The fraction of sp³-hybridized carbons (Fsp3) is 0.906. The molecule has 3 heteroatoms. The molecule has 5 rings (SSSR count). The smallest absolute Gasteiger partial charge is 0.159 e. The first-order valence-electron chi connectivity index (χ1n) is 15.2. The molecule has 0 N–H and O–H groups in total. The molecule has 0 radical (unpaired) electrons. The number of allylic oxidation sites excluding steroid dienone is 1. The van der Waals surface area contributed by atoms with E-state index in [-0.39, 0.29) is 23.7 Å². The molecule has 9 atom stereocenters. The highest BCUT2D eigenvalue weighted by Gasteiger charge is 2.61. The highest BCUT2D eigenvalue weighted by Crippen LogP contribution is 2.66. The van der Waals surface area contributed by atoms with Gasteiger partial charge in [0.05, 0.1) is 6.10 Å². The second-order valence-electron chi connectivity index (χ2n) is 14.1. The standard InChI is InChI=1S/C32H52O3/c1-21(2)9-8-10-22(3)25-12-13-26-30-27(15-17-32(25,26)5)31(4)16-14-24(19-23(31)20-28(30)33)35-29-11-6-7-18-34-29/h20-22,24-27,29-30H,6-19H2,1-5H3/t22-,24+,25-,26+,27+,29?,30+,31+,32-/m1/s1. The summed E-state index contributed by atoms with van der Waals surface area (Å²) in [6.45, 7) is 13.1. The van der Waals surface area contributed by atoms with Gasteiger partial charge in [0, 0.05) is 12.5 Å². The van der Waals surface area contributed by atoms with Crippen LogP contribution < -0.4 is 0 Å². The van der Waals surface area contributed by atoms with Gasteiger partial charge in [-0.2, -0.15) is 0 Å². The van der Waals surface area contributed by atoms with Crippen LogP contribution in [-0.4, -0.2) is 24.8 Å². The van der Waals surface area contributed by atoms with Crippen molar-refractivity contribution in [2.75, 3.05) is 6.61 Å². The monoisotopic (exact) mass is 484 g/mol. The first-order chi connectivity index (χ1) is 16.7. The number of fused-ring (bicyclic) bond motifs is 5. The van der Waals surface area contributed by atoms with Crippen LogP contribution in [0.1, 0.15) is 118 Å². The van der Waals surface area contributed by atoms with Crippen molar-refractivity contribution in [3.8, 4) is 0 Å². The van der Waals surface area contributed by atoms with Gasteiger partial charge in [0.1, 0.15) is 0 Å². The summed E-state index contributed by atoms with van der Waals surface area (Å²) in [5.41, 5.74) is 1.94. The number of hydrogen-bond donors (Lipinski definition) is 0. The predicted molar refractivity (Wildman–Crippen MR) is 142 cm³/mol. The summed E-state index contributed by atoms with van der Waals surface area (Å²) in [5.74, 6) is 4.24. The van der Waals surface area contributed by atoms with Crippen LogP contribution in [0.5, 0.6) is 0 Å². The van der Waals surface area contributed by atoms with Crippen molar-refractivity contribution < 1.29 is 14.3 Å². The van der Waals surface area contributed by atoms with Crippen molar-refractivity contribution in [1.82, 2.24) is 0 Å². The Morgan fingerprint density at radius 1 is 1.00 bits per heavy atom. The molecule has 0 bridgehead atoms. The predicted octanol–water partition coefficient (Wildman–Crippen LogP) is 8.12. The third kappa shape index (κ3) is 4.83. The highest BCUT2D eigenvalue weighted by atomic mass is 16.7. The summed E-state index contributed by atoms with van der Waals surface area (Å²) in [7, 11) is 0. The fourth-order valence-electron chi connectivity index (χ4n) is 9.54. The molecule has 1 heterocycles. The zero-order chi connectivity index (χ0) is 24.8. The van der Waals surface area contributed by atoms with Crippen LogP contribution in [0.2, 0.25) is 0 Å². The Kier molecular flexibility index (Phi) is 7.59. The molecule has 5 aliphatic rings. The van der Waals surface area contributed by atoms with Gasteiger partial charge in [-0.1, -0.05) is 59.5 Å². The van der Waals surface area contributed by atoms with Crippen molar-refractivity contribution >= 4 is 5.78 Å². The van der Waals surface area contributed by atoms with E-state index in [4.69, 9.17) is 9.47 Å². The number of carbonyl (C=O) groups excluding carboxylic acids is 1. The van der Waals surface area contributed by atoms with E-state index in [0.717, 1.165) is 50.0 Å². The number of carbonyl (C=O) groups is 1. The minimum absolute atomic E-state index is 0.0286. The summed E-state index contributed by atoms with van der Waals surface area (Å²) in [4.78, 5) is 13.8. The van der Waals surface area contributed by atoms with Gasteiger partial charge in [-0.3, -0.25) is 4.79 Å². The van der Waals surface area contributed by atoms with Gasteiger partial charge in [0.15, 0.2) is 12.1 Å². The summed E-state index contributed by atoms with van der Waals surface area (Å²) in [5, 5.41) is 0. The SMILES string of the molecule is CC(C)CCC[C@@H](C)[C@H]1CC[C@H]2[C@@H]3C(=O)C=C4C[C@@H](OC5CCCCO5)CC[C@]4(C)[C@H]3CC[C@]12C. The summed E-state index contributed by atoms with van der Waals surface area (Å²) < 4.78 is 12.3. The molecule has 1 saturated heterocycles. The Balaban J connectivity index is 1.29. The maximum atomic E-state index is 13.8. The lowest BCUT2D eigenvalue weighted by atomic mass is 9.46. The van der Waals surface area contributed by atoms with Gasteiger partial charge in [0.2, 0.25) is 0 Å². The number of ketones is 1. The molecule has 0 aromatic rings. The molecule has 198 valence electrons. The molecule has 0 amide bonds. The lowest BCUT2D eigenvalue weighted by Crippen LogP contribution is -2.54. The third-order valence-electron chi connectivity index (χ3n) is 11.6. The van der Waals surface area contributed by atoms with Gasteiger partial charge in [-0.15, -0.1) is 0 Å². The van der Waals surface area contributed by atoms with Crippen LogP contribution in [0.15, 0.2) is 11.6 Å². The highest BCUT2D eigenvalue weighted by molar-refractivity contribution is 5.94. The van der Waals surface area contributed by atoms with Crippen LogP contribution in [0.25, 0.3) is 0 Å². The van der Waals surface area contributed by atoms with Crippen LogP contribution >= 0.6 is 0 Å². The second kappa shape index (κ2) is 10.2. The van der Waals surface area contributed by atoms with E-state index in [0.29, 0.717) is 23.0 Å². The lowest BCUT2D eigenvalue weighted by molar-refractivity contribution is -0.195. The Morgan fingerprint density at radius 3 is 2.57 bits per heavy atom. The third-order valence-corrected chi connectivity index (χ3v) is 11.6. The van der Waals surface area contributed by atoms with Gasteiger partial charge >= 0.3 is 0 Å². The average molecular weight is 485 g/mol. The maximum absolute atomic E-state index is 13.8. The van der Waals surface area contributed by atoms with Crippen molar-refractivity contribution in [3.05, 3.63) is 11.6 Å². The molecular formula is C32H52O3. The maximum Gasteiger partial charge on any atom is 0.159 e. The van der Waals surface area contributed by atoms with Crippen LogP contribution in [0, 0.1) is 46.3 Å². The van der Waals surface area contributed by atoms with E-state index in [1.54, 1.807) is 0 Å². The molecule has 3 saturated carbocycles. The summed E-state index contributed by atoms with van der Waals surface area (Å²) in [6, 6.07) is 0.